The molecule has 1 fully saturated rings. The molecular weight excluding hydrogens is 255 g/mol. The average Bonchev–Trinajstić information content (AvgIpc) is 2.30. The van der Waals surface area contributed by atoms with Crippen LogP contribution in [0, 0.1) is 0 Å². The van der Waals surface area contributed by atoms with Gasteiger partial charge in [0.25, 0.3) is 0 Å². The number of nitrogens with one attached hydrogen (secondary N) is 1. The third-order valence-corrected chi connectivity index (χ3v) is 3.68. The summed E-state index contributed by atoms with van der Waals surface area (Å²) < 4.78 is 0. The van der Waals surface area contributed by atoms with Gasteiger partial charge in [0, 0.05) is 23.7 Å². The van der Waals surface area contributed by atoms with E-state index in [1.54, 1.807) is 0 Å². The maximum atomic E-state index is 6.11. The third kappa shape index (κ3) is 4.47. The first-order chi connectivity index (χ1) is 7.75. The first-order valence-corrected chi connectivity index (χ1v) is 6.36. The summed E-state index contributed by atoms with van der Waals surface area (Å²) in [5, 5.41) is 4.41. The SMILES string of the molecule is Cl.NC1CCC(NCc2ccccc2Cl)CC1. The molecule has 2 rings (SSSR count). The van der Waals surface area contributed by atoms with E-state index >= 15 is 0 Å². The van der Waals surface area contributed by atoms with Gasteiger partial charge in [-0.2, -0.15) is 0 Å². The first kappa shape index (κ1) is 14.8. The van der Waals surface area contributed by atoms with Crippen LogP contribution in [0.1, 0.15) is 31.2 Å². The van der Waals surface area contributed by atoms with Crippen LogP contribution in [0.2, 0.25) is 5.02 Å². The molecule has 96 valence electrons. The van der Waals surface area contributed by atoms with Gasteiger partial charge < -0.3 is 11.1 Å². The fraction of sp³-hybridized carbons (Fsp3) is 0.538. The molecule has 4 heteroatoms. The van der Waals surface area contributed by atoms with E-state index < -0.39 is 0 Å². The van der Waals surface area contributed by atoms with E-state index in [1.807, 2.05) is 18.2 Å². The molecule has 1 aliphatic rings. The summed E-state index contributed by atoms with van der Waals surface area (Å²) in [7, 11) is 0. The van der Waals surface area contributed by atoms with Crippen molar-refractivity contribution < 1.29 is 0 Å². The lowest BCUT2D eigenvalue weighted by Crippen LogP contribution is -2.37. The van der Waals surface area contributed by atoms with E-state index in [4.69, 9.17) is 17.3 Å². The maximum absolute atomic E-state index is 6.11. The molecule has 0 aromatic heterocycles. The molecule has 2 nitrogen and oxygen atoms in total. The van der Waals surface area contributed by atoms with Gasteiger partial charge in [-0.25, -0.2) is 0 Å². The summed E-state index contributed by atoms with van der Waals surface area (Å²) in [6.07, 6.45) is 4.65. The minimum Gasteiger partial charge on any atom is -0.328 e. The van der Waals surface area contributed by atoms with Crippen LogP contribution in [0.5, 0.6) is 0 Å². The van der Waals surface area contributed by atoms with Crippen LogP contribution in [0.4, 0.5) is 0 Å². The highest BCUT2D eigenvalue weighted by Gasteiger charge is 2.17. The van der Waals surface area contributed by atoms with Crippen LogP contribution in [-0.2, 0) is 6.54 Å². The summed E-state index contributed by atoms with van der Waals surface area (Å²) in [5.74, 6) is 0. The molecule has 0 amide bonds. The molecule has 1 aromatic rings. The number of nitrogens with two attached hydrogens (primary N) is 1. The lowest BCUT2D eigenvalue weighted by Gasteiger charge is -2.27. The van der Waals surface area contributed by atoms with Crippen LogP contribution in [0.15, 0.2) is 24.3 Å². The summed E-state index contributed by atoms with van der Waals surface area (Å²) in [5.41, 5.74) is 7.06. The standard InChI is InChI=1S/C13H19ClN2.ClH/c14-13-4-2-1-3-10(13)9-16-12-7-5-11(15)6-8-12;/h1-4,11-12,16H,5-9,15H2;1H. The van der Waals surface area contributed by atoms with E-state index in [-0.39, 0.29) is 12.4 Å². The van der Waals surface area contributed by atoms with Crippen molar-refractivity contribution in [2.75, 3.05) is 0 Å². The Morgan fingerprint density at radius 2 is 1.82 bits per heavy atom. The van der Waals surface area contributed by atoms with Gasteiger partial charge in [0.05, 0.1) is 0 Å². The van der Waals surface area contributed by atoms with Crippen LogP contribution in [0.25, 0.3) is 0 Å². The monoisotopic (exact) mass is 274 g/mol. The zero-order valence-electron chi connectivity index (χ0n) is 9.86. The Balaban J connectivity index is 0.00000144. The Labute approximate surface area is 114 Å². The van der Waals surface area contributed by atoms with E-state index in [0.717, 1.165) is 24.4 Å². The zero-order chi connectivity index (χ0) is 11.4. The lowest BCUT2D eigenvalue weighted by molar-refractivity contribution is 0.342. The van der Waals surface area contributed by atoms with Crippen molar-refractivity contribution in [3.05, 3.63) is 34.9 Å². The second-order valence-electron chi connectivity index (χ2n) is 4.58. The quantitative estimate of drug-likeness (QED) is 0.889. The second-order valence-corrected chi connectivity index (χ2v) is 4.99. The highest BCUT2D eigenvalue weighted by molar-refractivity contribution is 6.31. The number of hydrogen-bond acceptors (Lipinski definition) is 2. The molecule has 0 radical (unpaired) electrons. The van der Waals surface area contributed by atoms with E-state index in [2.05, 4.69) is 11.4 Å². The highest BCUT2D eigenvalue weighted by atomic mass is 35.5. The topological polar surface area (TPSA) is 38.0 Å². The summed E-state index contributed by atoms with van der Waals surface area (Å²) in [4.78, 5) is 0. The highest BCUT2D eigenvalue weighted by Crippen LogP contribution is 2.19. The Morgan fingerprint density at radius 1 is 1.18 bits per heavy atom. The van der Waals surface area contributed by atoms with Gasteiger partial charge in [-0.15, -0.1) is 12.4 Å². The van der Waals surface area contributed by atoms with Crippen molar-refractivity contribution in [1.29, 1.82) is 0 Å². The van der Waals surface area contributed by atoms with E-state index in [1.165, 1.54) is 18.4 Å². The van der Waals surface area contributed by atoms with Crippen molar-refractivity contribution in [2.45, 2.75) is 44.3 Å². The first-order valence-electron chi connectivity index (χ1n) is 5.98. The predicted molar refractivity (Wildman–Crippen MR) is 75.8 cm³/mol. The maximum Gasteiger partial charge on any atom is 0.0450 e. The normalized spacial score (nSPS) is 24.1. The molecule has 0 atom stereocenters. The minimum atomic E-state index is 0. The molecule has 1 aromatic carbocycles. The molecule has 3 N–H and O–H groups in total. The molecule has 0 saturated heterocycles. The Morgan fingerprint density at radius 3 is 2.47 bits per heavy atom. The molecule has 0 bridgehead atoms. The molecule has 17 heavy (non-hydrogen) atoms. The average molecular weight is 275 g/mol. The van der Waals surface area contributed by atoms with Gasteiger partial charge >= 0.3 is 0 Å². The van der Waals surface area contributed by atoms with Crippen molar-refractivity contribution >= 4 is 24.0 Å². The molecule has 0 aliphatic heterocycles. The summed E-state index contributed by atoms with van der Waals surface area (Å²) in [6, 6.07) is 9.03. The van der Waals surface area contributed by atoms with Gasteiger partial charge in [-0.3, -0.25) is 0 Å². The molecule has 0 unspecified atom stereocenters. The van der Waals surface area contributed by atoms with Crippen LogP contribution < -0.4 is 11.1 Å². The van der Waals surface area contributed by atoms with Crippen LogP contribution >= 0.6 is 24.0 Å². The lowest BCUT2D eigenvalue weighted by atomic mass is 9.92. The smallest absolute Gasteiger partial charge is 0.0450 e. The molecular formula is C13H20Cl2N2. The van der Waals surface area contributed by atoms with E-state index in [9.17, 15) is 0 Å². The Bertz CT molecular complexity index is 336. The van der Waals surface area contributed by atoms with Crippen molar-refractivity contribution in [3.8, 4) is 0 Å². The predicted octanol–water partition coefficient (Wildman–Crippen LogP) is 3.12. The summed E-state index contributed by atoms with van der Waals surface area (Å²) >= 11 is 6.11. The van der Waals surface area contributed by atoms with Gasteiger partial charge in [0.1, 0.15) is 0 Å². The van der Waals surface area contributed by atoms with Gasteiger partial charge in [0.15, 0.2) is 0 Å². The fourth-order valence-electron chi connectivity index (χ4n) is 2.22. The second kappa shape index (κ2) is 7.22. The van der Waals surface area contributed by atoms with Crippen molar-refractivity contribution in [1.82, 2.24) is 5.32 Å². The largest absolute Gasteiger partial charge is 0.328 e. The number of halogens is 2. The summed E-state index contributed by atoms with van der Waals surface area (Å²) in [6.45, 7) is 0.861. The molecule has 0 heterocycles. The molecule has 1 aliphatic carbocycles. The van der Waals surface area contributed by atoms with E-state index in [0.29, 0.717) is 12.1 Å². The van der Waals surface area contributed by atoms with Crippen molar-refractivity contribution in [2.24, 2.45) is 5.73 Å². The van der Waals surface area contributed by atoms with Crippen LogP contribution in [0.3, 0.4) is 0 Å². The van der Waals surface area contributed by atoms with Crippen molar-refractivity contribution in [3.63, 3.8) is 0 Å². The Kier molecular flexibility index (Phi) is 6.28. The number of rotatable bonds is 3. The zero-order valence-corrected chi connectivity index (χ0v) is 11.4. The van der Waals surface area contributed by atoms with Gasteiger partial charge in [-0.05, 0) is 37.3 Å². The minimum absolute atomic E-state index is 0. The third-order valence-electron chi connectivity index (χ3n) is 3.31. The van der Waals surface area contributed by atoms with Gasteiger partial charge in [0.2, 0.25) is 0 Å². The number of benzene rings is 1. The fourth-order valence-corrected chi connectivity index (χ4v) is 2.42. The van der Waals surface area contributed by atoms with Crippen LogP contribution in [-0.4, -0.2) is 12.1 Å². The molecule has 0 spiro atoms. The van der Waals surface area contributed by atoms with Gasteiger partial charge in [-0.1, -0.05) is 29.8 Å². The number of hydrogen-bond donors (Lipinski definition) is 2. The Hall–Kier alpha value is -0.280. The molecule has 1 saturated carbocycles.